The maximum Gasteiger partial charge on any atom is 0.255 e. The SMILES string of the molecule is O=C1CCC(N2Cc3c(cc(F)cc3N3CCN(Cc4ccc(C5CC5)cc4)CC3)C2=O)C(=O)N1. The summed E-state index contributed by atoms with van der Waals surface area (Å²) in [5.41, 5.74) is 4.57. The first-order chi connectivity index (χ1) is 17.0. The molecule has 1 aliphatic carbocycles. The van der Waals surface area contributed by atoms with Crippen LogP contribution in [0.3, 0.4) is 0 Å². The molecule has 1 unspecified atom stereocenters. The predicted molar refractivity (Wildman–Crippen MR) is 128 cm³/mol. The van der Waals surface area contributed by atoms with Gasteiger partial charge < -0.3 is 9.80 Å². The number of fused-ring (bicyclic) bond motifs is 1. The molecular weight excluding hydrogens is 447 g/mol. The number of carbonyl (C=O) groups excluding carboxylic acids is 3. The van der Waals surface area contributed by atoms with Crippen LogP contribution in [0.5, 0.6) is 0 Å². The summed E-state index contributed by atoms with van der Waals surface area (Å²) in [5.74, 6) is -0.806. The van der Waals surface area contributed by atoms with Gasteiger partial charge in [-0.25, -0.2) is 4.39 Å². The highest BCUT2D eigenvalue weighted by atomic mass is 19.1. The molecule has 0 radical (unpaired) electrons. The molecule has 1 saturated carbocycles. The average Bonchev–Trinajstić information content (AvgIpc) is 3.65. The van der Waals surface area contributed by atoms with E-state index in [4.69, 9.17) is 0 Å². The Hall–Kier alpha value is -3.26. The number of rotatable bonds is 5. The highest BCUT2D eigenvalue weighted by Gasteiger charge is 2.41. The molecule has 2 aromatic rings. The Labute approximate surface area is 203 Å². The van der Waals surface area contributed by atoms with E-state index in [9.17, 15) is 18.8 Å². The third kappa shape index (κ3) is 4.31. The van der Waals surface area contributed by atoms with Crippen molar-refractivity contribution >= 4 is 23.4 Å². The molecular formula is C27H29FN4O3. The molecule has 3 aliphatic heterocycles. The Balaban J connectivity index is 1.14. The van der Waals surface area contributed by atoms with E-state index >= 15 is 0 Å². The van der Waals surface area contributed by atoms with Crippen molar-refractivity contribution in [3.63, 3.8) is 0 Å². The number of piperidine rings is 1. The number of nitrogens with one attached hydrogen (secondary N) is 1. The lowest BCUT2D eigenvalue weighted by Gasteiger charge is -2.37. The Morgan fingerprint density at radius 3 is 2.37 bits per heavy atom. The third-order valence-corrected chi connectivity index (χ3v) is 7.74. The first-order valence-electron chi connectivity index (χ1n) is 12.5. The van der Waals surface area contributed by atoms with Crippen molar-refractivity contribution in [3.05, 3.63) is 64.5 Å². The zero-order valence-electron chi connectivity index (χ0n) is 19.6. The Bertz CT molecular complexity index is 1190. The van der Waals surface area contributed by atoms with E-state index in [1.54, 1.807) is 0 Å². The number of benzene rings is 2. The van der Waals surface area contributed by atoms with Gasteiger partial charge in [0.1, 0.15) is 11.9 Å². The van der Waals surface area contributed by atoms with Crippen molar-refractivity contribution in [1.82, 2.24) is 15.1 Å². The van der Waals surface area contributed by atoms with Gasteiger partial charge in [-0.05, 0) is 48.4 Å². The fourth-order valence-electron chi connectivity index (χ4n) is 5.61. The van der Waals surface area contributed by atoms with Crippen LogP contribution in [0.15, 0.2) is 36.4 Å². The second-order valence-corrected chi connectivity index (χ2v) is 10.1. The summed E-state index contributed by atoms with van der Waals surface area (Å²) in [7, 11) is 0. The number of nitrogens with zero attached hydrogens (tertiary/aromatic N) is 3. The Morgan fingerprint density at radius 1 is 0.943 bits per heavy atom. The lowest BCUT2D eigenvalue weighted by atomic mass is 10.0. The van der Waals surface area contributed by atoms with Crippen molar-refractivity contribution in [1.29, 1.82) is 0 Å². The second-order valence-electron chi connectivity index (χ2n) is 10.1. The minimum atomic E-state index is -0.702. The fourth-order valence-corrected chi connectivity index (χ4v) is 5.61. The minimum Gasteiger partial charge on any atom is -0.369 e. The summed E-state index contributed by atoms with van der Waals surface area (Å²) in [6.45, 7) is 4.32. The van der Waals surface area contributed by atoms with E-state index in [0.717, 1.165) is 49.9 Å². The van der Waals surface area contributed by atoms with Gasteiger partial charge in [0.05, 0.1) is 0 Å². The van der Waals surface area contributed by atoms with Crippen LogP contribution in [0, 0.1) is 5.82 Å². The molecule has 3 heterocycles. The van der Waals surface area contributed by atoms with Gasteiger partial charge >= 0.3 is 0 Å². The second kappa shape index (κ2) is 8.75. The lowest BCUT2D eigenvalue weighted by molar-refractivity contribution is -0.136. The number of imide groups is 1. The van der Waals surface area contributed by atoms with Crippen LogP contribution in [-0.4, -0.2) is 59.7 Å². The van der Waals surface area contributed by atoms with Crippen LogP contribution in [0.1, 0.15) is 58.6 Å². The Morgan fingerprint density at radius 2 is 1.69 bits per heavy atom. The fraction of sp³-hybridized carbons (Fsp3) is 0.444. The van der Waals surface area contributed by atoms with Gasteiger partial charge in [0.25, 0.3) is 5.91 Å². The quantitative estimate of drug-likeness (QED) is 0.672. The minimum absolute atomic E-state index is 0.197. The van der Waals surface area contributed by atoms with Gasteiger partial charge in [-0.3, -0.25) is 24.6 Å². The van der Waals surface area contributed by atoms with Crippen molar-refractivity contribution in [2.45, 2.75) is 50.7 Å². The molecule has 3 amide bonds. The Kier molecular flexibility index (Phi) is 5.56. The summed E-state index contributed by atoms with van der Waals surface area (Å²) >= 11 is 0. The molecule has 2 saturated heterocycles. The van der Waals surface area contributed by atoms with Crippen LogP contribution >= 0.6 is 0 Å². The third-order valence-electron chi connectivity index (χ3n) is 7.74. The molecule has 0 aromatic heterocycles. The van der Waals surface area contributed by atoms with E-state index in [-0.39, 0.29) is 24.8 Å². The number of piperazine rings is 1. The van der Waals surface area contributed by atoms with E-state index < -0.39 is 17.8 Å². The first-order valence-corrected chi connectivity index (χ1v) is 12.5. The molecule has 2 aromatic carbocycles. The molecule has 7 nitrogen and oxygen atoms in total. The number of hydrogen-bond donors (Lipinski definition) is 1. The monoisotopic (exact) mass is 476 g/mol. The van der Waals surface area contributed by atoms with E-state index in [1.807, 2.05) is 0 Å². The largest absolute Gasteiger partial charge is 0.369 e. The molecule has 8 heteroatoms. The molecule has 4 aliphatic rings. The summed E-state index contributed by atoms with van der Waals surface area (Å²) in [5, 5.41) is 2.32. The molecule has 35 heavy (non-hydrogen) atoms. The van der Waals surface area contributed by atoms with Gasteiger partial charge in [0, 0.05) is 62.5 Å². The van der Waals surface area contributed by atoms with Gasteiger partial charge in [-0.2, -0.15) is 0 Å². The van der Waals surface area contributed by atoms with E-state index in [0.29, 0.717) is 12.0 Å². The van der Waals surface area contributed by atoms with Gasteiger partial charge in [0.15, 0.2) is 0 Å². The van der Waals surface area contributed by atoms with Gasteiger partial charge in [0.2, 0.25) is 11.8 Å². The molecule has 1 atom stereocenters. The van der Waals surface area contributed by atoms with Crippen molar-refractivity contribution < 1.29 is 18.8 Å². The zero-order valence-corrected chi connectivity index (χ0v) is 19.6. The smallest absolute Gasteiger partial charge is 0.255 e. The zero-order chi connectivity index (χ0) is 24.1. The van der Waals surface area contributed by atoms with Crippen molar-refractivity contribution in [2.75, 3.05) is 31.1 Å². The average molecular weight is 477 g/mol. The number of halogens is 1. The van der Waals surface area contributed by atoms with Crippen LogP contribution in [-0.2, 0) is 22.7 Å². The topological polar surface area (TPSA) is 73.0 Å². The summed E-state index contributed by atoms with van der Waals surface area (Å²) in [4.78, 5) is 43.0. The summed E-state index contributed by atoms with van der Waals surface area (Å²) < 4.78 is 14.6. The maximum absolute atomic E-state index is 14.6. The number of anilines is 1. The lowest BCUT2D eigenvalue weighted by Crippen LogP contribution is -2.52. The summed E-state index contributed by atoms with van der Waals surface area (Å²) in [6, 6.07) is 11.0. The molecule has 182 valence electrons. The maximum atomic E-state index is 14.6. The highest BCUT2D eigenvalue weighted by Crippen LogP contribution is 2.40. The standard InChI is InChI=1S/C27H29FN4O3/c28-20-13-21-22(16-32(27(21)35)23-7-8-25(33)29-26(23)34)24(14-20)31-11-9-30(10-12-31)15-17-1-3-18(4-2-17)19-5-6-19/h1-4,13-14,19,23H,5-12,15-16H2,(H,29,33,34). The molecule has 1 N–H and O–H groups in total. The molecule has 0 bridgehead atoms. The van der Waals surface area contributed by atoms with Crippen molar-refractivity contribution in [3.8, 4) is 0 Å². The predicted octanol–water partition coefficient (Wildman–Crippen LogP) is 2.79. The molecule has 6 rings (SSSR count). The number of hydrogen-bond acceptors (Lipinski definition) is 5. The summed E-state index contributed by atoms with van der Waals surface area (Å²) in [6.07, 6.45) is 3.11. The molecule has 3 fully saturated rings. The highest BCUT2D eigenvalue weighted by molar-refractivity contribution is 6.06. The first kappa shape index (κ1) is 22.2. The van der Waals surface area contributed by atoms with E-state index in [2.05, 4.69) is 39.4 Å². The van der Waals surface area contributed by atoms with E-state index in [1.165, 1.54) is 41.0 Å². The number of amides is 3. The van der Waals surface area contributed by atoms with Crippen LogP contribution < -0.4 is 10.2 Å². The van der Waals surface area contributed by atoms with Gasteiger partial charge in [-0.15, -0.1) is 0 Å². The van der Waals surface area contributed by atoms with Crippen LogP contribution in [0.25, 0.3) is 0 Å². The molecule has 0 spiro atoms. The van der Waals surface area contributed by atoms with Crippen LogP contribution in [0.2, 0.25) is 0 Å². The van der Waals surface area contributed by atoms with Gasteiger partial charge in [-0.1, -0.05) is 24.3 Å². The normalized spacial score (nSPS) is 23.0. The number of carbonyl (C=O) groups is 3. The van der Waals surface area contributed by atoms with Crippen molar-refractivity contribution in [2.24, 2.45) is 0 Å². The van der Waals surface area contributed by atoms with Crippen LogP contribution in [0.4, 0.5) is 10.1 Å².